The fourth-order valence-corrected chi connectivity index (χ4v) is 4.36. The Bertz CT molecular complexity index is 1290. The fourth-order valence-electron chi connectivity index (χ4n) is 3.15. The molecule has 41 heavy (non-hydrogen) atoms. The molecule has 0 saturated heterocycles. The van der Waals surface area contributed by atoms with Gasteiger partial charge in [-0.05, 0) is 49.3 Å². The minimum Gasteiger partial charge on any atom is -0.335 e. The highest BCUT2D eigenvalue weighted by Gasteiger charge is 2.24. The van der Waals surface area contributed by atoms with Crippen LogP contribution in [0.15, 0.2) is 59.7 Å². The quantitative estimate of drug-likeness (QED) is 0.204. The summed E-state index contributed by atoms with van der Waals surface area (Å²) in [5.41, 5.74) is 1.86. The van der Waals surface area contributed by atoms with Gasteiger partial charge in [-0.1, -0.05) is 77.8 Å². The molecule has 0 fully saturated rings. The van der Waals surface area contributed by atoms with Crippen molar-refractivity contribution in [3.8, 4) is 11.4 Å². The van der Waals surface area contributed by atoms with Gasteiger partial charge in [0.05, 0.1) is 15.6 Å². The lowest BCUT2D eigenvalue weighted by Crippen LogP contribution is -2.10. The Labute approximate surface area is 251 Å². The van der Waals surface area contributed by atoms with E-state index in [4.69, 9.17) is 26.2 Å². The number of hydrogen-bond donors (Lipinski definition) is 1. The normalized spacial score (nSPS) is 11.5. The van der Waals surface area contributed by atoms with Crippen molar-refractivity contribution < 1.29 is 18.4 Å². The van der Waals surface area contributed by atoms with E-state index in [1.807, 2.05) is 39.6 Å². The molecular weight excluding hydrogens is 566 g/mol. The minimum atomic E-state index is -0.688. The summed E-state index contributed by atoms with van der Waals surface area (Å²) in [6, 6.07) is 9.02. The molecule has 0 atom stereocenters. The molecule has 3 aromatic rings. The number of allylic oxidation sites excluding steroid dienone is 3. The van der Waals surface area contributed by atoms with Crippen LogP contribution >= 0.6 is 22.9 Å². The van der Waals surface area contributed by atoms with Crippen LogP contribution < -0.4 is 5.32 Å². The average Bonchev–Trinajstić information content (AvgIpc) is 3.42. The number of thiazole rings is 1. The third-order valence-corrected chi connectivity index (χ3v) is 6.53. The van der Waals surface area contributed by atoms with Gasteiger partial charge in [-0.2, -0.15) is 0 Å². The number of pyridine rings is 1. The van der Waals surface area contributed by atoms with Crippen LogP contribution in [0.1, 0.15) is 71.2 Å². The van der Waals surface area contributed by atoms with Crippen LogP contribution in [0, 0.1) is 11.6 Å². The van der Waals surface area contributed by atoms with Crippen LogP contribution in [0.2, 0.25) is 0 Å². The number of nitrogens with zero attached hydrogens (tertiary/aromatic N) is 3. The highest BCUT2D eigenvalue weighted by atomic mass is 35.5. The number of rotatable bonds is 8. The number of nitrogens with one attached hydrogen (secondary N) is 1. The van der Waals surface area contributed by atoms with E-state index in [2.05, 4.69) is 49.1 Å². The van der Waals surface area contributed by atoms with Gasteiger partial charge in [0.1, 0.15) is 47.6 Å². The number of carbonyl (C=O) groups excluding carboxylic acids is 2. The largest absolute Gasteiger partial charge is 0.335 e. The van der Waals surface area contributed by atoms with Gasteiger partial charge in [-0.15, -0.1) is 11.3 Å². The summed E-state index contributed by atoms with van der Waals surface area (Å²) in [7, 11) is 0. The van der Waals surface area contributed by atoms with Crippen LogP contribution in [0.5, 0.6) is 0 Å². The van der Waals surface area contributed by atoms with Gasteiger partial charge in [0.15, 0.2) is 0 Å². The lowest BCUT2D eigenvalue weighted by molar-refractivity contribution is -0.0987. The van der Waals surface area contributed by atoms with Gasteiger partial charge in [0.2, 0.25) is 0 Å². The molecule has 0 unspecified atom stereocenters. The van der Waals surface area contributed by atoms with E-state index in [1.54, 1.807) is 36.6 Å². The first-order valence-electron chi connectivity index (χ1n) is 12.9. The SMILES string of the molecule is C=O.C=O.CC.CCC/C=C(/C=C\N=C(C)Cl)c1sc(C(C)(C)C)nc1-c1cccc(Nc2c(F)cccc2F)n1. The monoisotopic (exact) mass is 604 g/mol. The molecule has 0 aliphatic carbocycles. The molecule has 0 spiro atoms. The molecule has 0 radical (unpaired) electrons. The number of para-hydroxylation sites is 1. The number of unbranched alkanes of at least 4 members (excludes halogenated alkanes) is 1. The summed E-state index contributed by atoms with van der Waals surface area (Å²) in [6.45, 7) is 18.2. The fraction of sp³-hybridized carbons (Fsp3) is 0.323. The third-order valence-electron chi connectivity index (χ3n) is 4.90. The summed E-state index contributed by atoms with van der Waals surface area (Å²) in [5.74, 6) is -1.06. The van der Waals surface area contributed by atoms with Crippen molar-refractivity contribution >= 4 is 58.8 Å². The Kier molecular flexibility index (Phi) is 17.8. The molecule has 10 heteroatoms. The average molecular weight is 605 g/mol. The van der Waals surface area contributed by atoms with Crippen molar-refractivity contribution in [2.75, 3.05) is 5.32 Å². The molecule has 1 aromatic carbocycles. The molecule has 222 valence electrons. The Morgan fingerprint density at radius 2 is 1.63 bits per heavy atom. The standard InChI is InChI=1S/C27H29ClF2N4S.C2H6.2CH2O/c1-6-7-10-18(15-16-31-17(2)28)25-24(34-26(35-25)27(3,4)5)21-13-9-14-22(32-21)33-23-19(29)11-8-12-20(23)30;3*1-2/h8-16H,6-7H2,1-5H3,(H,32,33);1-2H3;2*1H2/b16-15-,18-10-,31-17?;;;. The first kappa shape index (κ1) is 37.4. The van der Waals surface area contributed by atoms with Crippen molar-refractivity contribution in [1.29, 1.82) is 0 Å². The van der Waals surface area contributed by atoms with E-state index >= 15 is 0 Å². The van der Waals surface area contributed by atoms with Crippen molar-refractivity contribution in [3.05, 3.63) is 76.3 Å². The highest BCUT2D eigenvalue weighted by molar-refractivity contribution is 7.13. The van der Waals surface area contributed by atoms with Gasteiger partial charge in [0.25, 0.3) is 0 Å². The minimum absolute atomic E-state index is 0.172. The van der Waals surface area contributed by atoms with Crippen molar-refractivity contribution in [2.24, 2.45) is 4.99 Å². The Balaban J connectivity index is 0.00000250. The number of carbonyl (C=O) groups is 2. The third kappa shape index (κ3) is 11.8. The molecule has 2 heterocycles. The zero-order valence-electron chi connectivity index (χ0n) is 24.7. The number of anilines is 2. The summed E-state index contributed by atoms with van der Waals surface area (Å²) in [5, 5.41) is 4.17. The van der Waals surface area contributed by atoms with E-state index in [-0.39, 0.29) is 11.1 Å². The zero-order chi connectivity index (χ0) is 31.6. The first-order chi connectivity index (χ1) is 19.6. The van der Waals surface area contributed by atoms with Crippen molar-refractivity contribution in [3.63, 3.8) is 0 Å². The number of aliphatic imine (C=N–C) groups is 1. The number of halogens is 3. The summed E-state index contributed by atoms with van der Waals surface area (Å²) in [4.78, 5) is 30.7. The molecule has 1 N–H and O–H groups in total. The molecule has 3 rings (SSSR count). The van der Waals surface area contributed by atoms with E-state index in [0.29, 0.717) is 22.4 Å². The van der Waals surface area contributed by atoms with Crippen LogP contribution in [0.25, 0.3) is 17.0 Å². The predicted molar refractivity (Wildman–Crippen MR) is 170 cm³/mol. The lowest BCUT2D eigenvalue weighted by atomic mass is 9.98. The van der Waals surface area contributed by atoms with Gasteiger partial charge in [0, 0.05) is 11.6 Å². The second-order valence-corrected chi connectivity index (χ2v) is 10.5. The van der Waals surface area contributed by atoms with E-state index in [1.165, 1.54) is 18.2 Å². The highest BCUT2D eigenvalue weighted by Crippen LogP contribution is 2.39. The first-order valence-corrected chi connectivity index (χ1v) is 14.1. The molecule has 0 saturated carbocycles. The Morgan fingerprint density at radius 1 is 1.05 bits per heavy atom. The van der Waals surface area contributed by atoms with Crippen LogP contribution in [-0.2, 0) is 15.0 Å². The van der Waals surface area contributed by atoms with Gasteiger partial charge < -0.3 is 14.9 Å². The van der Waals surface area contributed by atoms with E-state index < -0.39 is 11.6 Å². The van der Waals surface area contributed by atoms with Gasteiger partial charge >= 0.3 is 0 Å². The molecule has 0 amide bonds. The van der Waals surface area contributed by atoms with Crippen LogP contribution in [0.4, 0.5) is 20.3 Å². The second-order valence-electron chi connectivity index (χ2n) is 8.97. The van der Waals surface area contributed by atoms with Gasteiger partial charge in [-0.25, -0.2) is 23.7 Å². The summed E-state index contributed by atoms with van der Waals surface area (Å²) >= 11 is 7.51. The van der Waals surface area contributed by atoms with Crippen LogP contribution in [-0.4, -0.2) is 28.7 Å². The van der Waals surface area contributed by atoms with E-state index in [0.717, 1.165) is 28.3 Å². The number of benzene rings is 1. The van der Waals surface area contributed by atoms with Crippen molar-refractivity contribution in [1.82, 2.24) is 9.97 Å². The Morgan fingerprint density at radius 3 is 2.17 bits per heavy atom. The second kappa shape index (κ2) is 19.5. The Hall–Kier alpha value is -3.56. The number of hydrogen-bond acceptors (Lipinski definition) is 7. The molecule has 6 nitrogen and oxygen atoms in total. The summed E-state index contributed by atoms with van der Waals surface area (Å²) < 4.78 is 28.4. The maximum absolute atomic E-state index is 14.2. The zero-order valence-corrected chi connectivity index (χ0v) is 26.3. The predicted octanol–water partition coefficient (Wildman–Crippen LogP) is 9.54. The maximum Gasteiger partial charge on any atom is 0.149 e. The maximum atomic E-state index is 14.2. The summed E-state index contributed by atoms with van der Waals surface area (Å²) in [6.07, 6.45) is 7.61. The molecule has 0 aliphatic rings. The topological polar surface area (TPSA) is 84.3 Å². The number of aromatic nitrogens is 2. The smallest absolute Gasteiger partial charge is 0.149 e. The van der Waals surface area contributed by atoms with Crippen LogP contribution in [0.3, 0.4) is 0 Å². The lowest BCUT2D eigenvalue weighted by Gasteiger charge is -2.13. The molecular formula is C31H39ClF2N4O2S. The van der Waals surface area contributed by atoms with Crippen molar-refractivity contribution in [2.45, 2.75) is 66.7 Å². The molecule has 2 aromatic heterocycles. The molecule has 0 aliphatic heterocycles. The van der Waals surface area contributed by atoms with Gasteiger partial charge in [-0.3, -0.25) is 0 Å². The molecule has 0 bridgehead atoms. The van der Waals surface area contributed by atoms with E-state index in [9.17, 15) is 8.78 Å².